The molecular formula is C12H20N2O2S. The van der Waals surface area contributed by atoms with Gasteiger partial charge in [0.25, 0.3) is 0 Å². The third kappa shape index (κ3) is 2.12. The second-order valence-electron chi connectivity index (χ2n) is 5.32. The maximum atomic E-state index is 11.6. The molecule has 1 aromatic heterocycles. The van der Waals surface area contributed by atoms with Crippen LogP contribution in [-0.4, -0.2) is 29.5 Å². The van der Waals surface area contributed by atoms with Crippen LogP contribution in [-0.2, 0) is 22.3 Å². The zero-order valence-electron chi connectivity index (χ0n) is 10.7. The molecule has 0 unspecified atom stereocenters. The van der Waals surface area contributed by atoms with Crippen LogP contribution < -0.4 is 0 Å². The standard InChI is InChI=1S/C12H20N2O2S/c1-10(2)12(11-13-6-7-14(11)3)4-8-17(15,16)9-5-12/h6-7,10H,4-5,8-9H2,1-3H3. The number of hydrogen-bond donors (Lipinski definition) is 0. The van der Waals surface area contributed by atoms with Crippen molar-refractivity contribution in [3.63, 3.8) is 0 Å². The fourth-order valence-electron chi connectivity index (χ4n) is 2.81. The molecule has 0 saturated carbocycles. The molecule has 0 atom stereocenters. The number of rotatable bonds is 2. The van der Waals surface area contributed by atoms with Crippen molar-refractivity contribution >= 4 is 9.84 Å². The second-order valence-corrected chi connectivity index (χ2v) is 7.63. The fourth-order valence-corrected chi connectivity index (χ4v) is 4.36. The van der Waals surface area contributed by atoms with E-state index in [0.29, 0.717) is 18.8 Å². The van der Waals surface area contributed by atoms with E-state index < -0.39 is 9.84 Å². The maximum absolute atomic E-state index is 11.6. The van der Waals surface area contributed by atoms with Gasteiger partial charge >= 0.3 is 0 Å². The normalized spacial score (nSPS) is 22.8. The van der Waals surface area contributed by atoms with E-state index in [4.69, 9.17) is 0 Å². The molecule has 1 fully saturated rings. The van der Waals surface area contributed by atoms with Crippen molar-refractivity contribution in [3.8, 4) is 0 Å². The van der Waals surface area contributed by atoms with Crippen molar-refractivity contribution in [2.24, 2.45) is 13.0 Å². The lowest BCUT2D eigenvalue weighted by Gasteiger charge is -2.39. The van der Waals surface area contributed by atoms with Crippen LogP contribution in [0.25, 0.3) is 0 Å². The van der Waals surface area contributed by atoms with E-state index in [1.54, 1.807) is 6.20 Å². The van der Waals surface area contributed by atoms with Gasteiger partial charge in [0.2, 0.25) is 0 Å². The Morgan fingerprint density at radius 3 is 2.35 bits per heavy atom. The predicted octanol–water partition coefficient (Wildman–Crippen LogP) is 1.52. The van der Waals surface area contributed by atoms with Crippen molar-refractivity contribution in [3.05, 3.63) is 18.2 Å². The van der Waals surface area contributed by atoms with Gasteiger partial charge in [-0.1, -0.05) is 13.8 Å². The quantitative estimate of drug-likeness (QED) is 0.806. The molecule has 0 aliphatic carbocycles. The molecule has 1 saturated heterocycles. The first-order chi connectivity index (χ1) is 7.87. The molecular weight excluding hydrogens is 236 g/mol. The van der Waals surface area contributed by atoms with Gasteiger partial charge < -0.3 is 4.57 Å². The summed E-state index contributed by atoms with van der Waals surface area (Å²) in [6.45, 7) is 4.32. The van der Waals surface area contributed by atoms with Crippen LogP contribution in [0, 0.1) is 5.92 Å². The zero-order chi connectivity index (χ0) is 12.7. The molecule has 0 radical (unpaired) electrons. The Morgan fingerprint density at radius 2 is 1.94 bits per heavy atom. The Labute approximate surface area is 103 Å². The summed E-state index contributed by atoms with van der Waals surface area (Å²) in [6.07, 6.45) is 5.11. The van der Waals surface area contributed by atoms with Crippen molar-refractivity contribution in [1.82, 2.24) is 9.55 Å². The van der Waals surface area contributed by atoms with Crippen LogP contribution in [0.5, 0.6) is 0 Å². The molecule has 2 heterocycles. The lowest BCUT2D eigenvalue weighted by molar-refractivity contribution is 0.255. The van der Waals surface area contributed by atoms with Crippen molar-refractivity contribution in [2.75, 3.05) is 11.5 Å². The number of imidazole rings is 1. The minimum Gasteiger partial charge on any atom is -0.338 e. The molecule has 2 rings (SSSR count). The third-order valence-electron chi connectivity index (χ3n) is 4.09. The molecule has 17 heavy (non-hydrogen) atoms. The molecule has 0 N–H and O–H groups in total. The van der Waals surface area contributed by atoms with Gasteiger partial charge in [-0.25, -0.2) is 13.4 Å². The molecule has 96 valence electrons. The summed E-state index contributed by atoms with van der Waals surface area (Å²) in [4.78, 5) is 4.45. The topological polar surface area (TPSA) is 52.0 Å². The Morgan fingerprint density at radius 1 is 1.35 bits per heavy atom. The first kappa shape index (κ1) is 12.6. The molecule has 0 bridgehead atoms. The highest BCUT2D eigenvalue weighted by atomic mass is 32.2. The maximum Gasteiger partial charge on any atom is 0.150 e. The number of nitrogens with zero attached hydrogens (tertiary/aromatic N) is 2. The lowest BCUT2D eigenvalue weighted by atomic mass is 9.71. The van der Waals surface area contributed by atoms with E-state index in [9.17, 15) is 8.42 Å². The van der Waals surface area contributed by atoms with Crippen molar-refractivity contribution in [2.45, 2.75) is 32.1 Å². The minimum atomic E-state index is -2.83. The van der Waals surface area contributed by atoms with Crippen LogP contribution in [0.1, 0.15) is 32.5 Å². The molecule has 0 aromatic carbocycles. The van der Waals surface area contributed by atoms with E-state index in [1.165, 1.54) is 0 Å². The number of hydrogen-bond acceptors (Lipinski definition) is 3. The van der Waals surface area contributed by atoms with Crippen LogP contribution >= 0.6 is 0 Å². The summed E-state index contributed by atoms with van der Waals surface area (Å²) >= 11 is 0. The molecule has 1 aliphatic heterocycles. The summed E-state index contributed by atoms with van der Waals surface area (Å²) in [6, 6.07) is 0. The molecule has 1 aromatic rings. The van der Waals surface area contributed by atoms with Crippen molar-refractivity contribution < 1.29 is 8.42 Å². The highest BCUT2D eigenvalue weighted by Crippen LogP contribution is 2.41. The summed E-state index contributed by atoms with van der Waals surface area (Å²) in [7, 11) is -0.847. The Bertz CT molecular complexity index is 488. The summed E-state index contributed by atoms with van der Waals surface area (Å²) < 4.78 is 25.2. The van der Waals surface area contributed by atoms with Gasteiger partial charge in [-0.05, 0) is 18.8 Å². The molecule has 0 spiro atoms. The molecule has 4 nitrogen and oxygen atoms in total. The van der Waals surface area contributed by atoms with Gasteiger partial charge in [-0.3, -0.25) is 0 Å². The van der Waals surface area contributed by atoms with Crippen LogP contribution in [0.3, 0.4) is 0 Å². The lowest BCUT2D eigenvalue weighted by Crippen LogP contribution is -2.42. The monoisotopic (exact) mass is 256 g/mol. The smallest absolute Gasteiger partial charge is 0.150 e. The second kappa shape index (κ2) is 4.12. The highest BCUT2D eigenvalue weighted by molar-refractivity contribution is 7.91. The zero-order valence-corrected chi connectivity index (χ0v) is 11.5. The van der Waals surface area contributed by atoms with Gasteiger partial charge in [0, 0.05) is 24.9 Å². The average molecular weight is 256 g/mol. The van der Waals surface area contributed by atoms with E-state index in [-0.39, 0.29) is 16.9 Å². The summed E-state index contributed by atoms with van der Waals surface area (Å²) in [5, 5.41) is 0. The number of sulfone groups is 1. The Balaban J connectivity index is 2.40. The number of aryl methyl sites for hydroxylation is 1. The highest BCUT2D eigenvalue weighted by Gasteiger charge is 2.43. The third-order valence-corrected chi connectivity index (χ3v) is 5.74. The number of aromatic nitrogens is 2. The Kier molecular flexibility index (Phi) is 3.06. The first-order valence-electron chi connectivity index (χ1n) is 6.06. The van der Waals surface area contributed by atoms with Gasteiger partial charge in [0.05, 0.1) is 11.5 Å². The molecule has 1 aliphatic rings. The van der Waals surface area contributed by atoms with Gasteiger partial charge in [0.1, 0.15) is 15.7 Å². The van der Waals surface area contributed by atoms with E-state index >= 15 is 0 Å². The van der Waals surface area contributed by atoms with E-state index in [1.807, 2.05) is 17.8 Å². The van der Waals surface area contributed by atoms with Crippen LogP contribution in [0.4, 0.5) is 0 Å². The van der Waals surface area contributed by atoms with E-state index in [2.05, 4.69) is 18.8 Å². The predicted molar refractivity (Wildman–Crippen MR) is 67.6 cm³/mol. The summed E-state index contributed by atoms with van der Waals surface area (Å²) in [5.41, 5.74) is -0.0798. The average Bonchev–Trinajstić information content (AvgIpc) is 2.65. The van der Waals surface area contributed by atoms with Crippen molar-refractivity contribution in [1.29, 1.82) is 0 Å². The van der Waals surface area contributed by atoms with Crippen LogP contribution in [0.2, 0.25) is 0 Å². The summed E-state index contributed by atoms with van der Waals surface area (Å²) in [5.74, 6) is 2.01. The minimum absolute atomic E-state index is 0.0798. The van der Waals surface area contributed by atoms with Gasteiger partial charge in [-0.15, -0.1) is 0 Å². The SMILES string of the molecule is CC(C)C1(c2nccn2C)CCS(=O)(=O)CC1. The van der Waals surface area contributed by atoms with E-state index in [0.717, 1.165) is 5.82 Å². The largest absolute Gasteiger partial charge is 0.338 e. The fraction of sp³-hybridized carbons (Fsp3) is 0.750. The van der Waals surface area contributed by atoms with Crippen LogP contribution in [0.15, 0.2) is 12.4 Å². The van der Waals surface area contributed by atoms with Gasteiger partial charge in [-0.2, -0.15) is 0 Å². The Hall–Kier alpha value is -0.840. The molecule has 5 heteroatoms. The van der Waals surface area contributed by atoms with Gasteiger partial charge in [0.15, 0.2) is 0 Å². The molecule has 0 amide bonds. The first-order valence-corrected chi connectivity index (χ1v) is 7.88.